The van der Waals surface area contributed by atoms with Crippen LogP contribution in [0.1, 0.15) is 18.5 Å². The molecule has 1 aliphatic rings. The Kier molecular flexibility index (Phi) is 7.00. The van der Waals surface area contributed by atoms with Gasteiger partial charge in [-0.25, -0.2) is 30.0 Å². The van der Waals surface area contributed by atoms with E-state index in [2.05, 4.69) is 4.98 Å². The van der Waals surface area contributed by atoms with Gasteiger partial charge < -0.3 is 4.55 Å². The molecule has 1 fully saturated rings. The number of rotatable bonds is 8. The molecule has 1 unspecified atom stereocenters. The minimum Gasteiger partial charge on any atom is -0.750 e. The van der Waals surface area contributed by atoms with E-state index >= 15 is 0 Å². The molecule has 10 nitrogen and oxygen atoms in total. The van der Waals surface area contributed by atoms with Crippen LogP contribution < -0.4 is 0 Å². The second-order valence-corrected chi connectivity index (χ2v) is 12.8. The van der Waals surface area contributed by atoms with E-state index in [1.807, 2.05) is 0 Å². The first kappa shape index (κ1) is 25.7. The molecule has 0 radical (unpaired) electrons. The lowest BCUT2D eigenvalue weighted by Gasteiger charge is -2.15. The van der Waals surface area contributed by atoms with Gasteiger partial charge in [-0.1, -0.05) is 30.3 Å². The lowest BCUT2D eigenvalue weighted by molar-refractivity contribution is 0.286. The van der Waals surface area contributed by atoms with Crippen LogP contribution in [0.25, 0.3) is 22.2 Å². The van der Waals surface area contributed by atoms with E-state index in [0.717, 1.165) is 16.8 Å². The predicted molar refractivity (Wildman–Crippen MR) is 136 cm³/mol. The van der Waals surface area contributed by atoms with Crippen LogP contribution in [0.4, 0.5) is 0 Å². The predicted octanol–water partition coefficient (Wildman–Crippen LogP) is 3.04. The monoisotopic (exact) mass is 560 g/mol. The summed E-state index contributed by atoms with van der Waals surface area (Å²) in [5, 5.41) is 0.437. The van der Waals surface area contributed by atoms with Gasteiger partial charge in [-0.05, 0) is 60.4 Å². The molecule has 37 heavy (non-hydrogen) atoms. The molecule has 0 spiro atoms. The molecule has 3 heterocycles. The second kappa shape index (κ2) is 10.1. The number of hydrogen-bond acceptors (Lipinski definition) is 8. The van der Waals surface area contributed by atoms with E-state index in [1.54, 1.807) is 36.4 Å². The van der Waals surface area contributed by atoms with Crippen molar-refractivity contribution >= 4 is 42.4 Å². The zero-order chi connectivity index (χ0) is 26.2. The van der Waals surface area contributed by atoms with Crippen molar-refractivity contribution in [2.45, 2.75) is 29.2 Å². The molecule has 13 heteroatoms. The lowest BCUT2D eigenvalue weighted by Crippen LogP contribution is -2.27. The van der Waals surface area contributed by atoms with E-state index in [9.17, 15) is 25.6 Å². The summed E-state index contributed by atoms with van der Waals surface area (Å²) < 4.78 is 82.2. The summed E-state index contributed by atoms with van der Waals surface area (Å²) in [5.74, 6) is 0. The van der Waals surface area contributed by atoms with E-state index in [-0.39, 0.29) is 21.1 Å². The molecular formula is C24H22N3O7S3-. The van der Waals surface area contributed by atoms with Crippen molar-refractivity contribution in [1.82, 2.24) is 13.3 Å². The fourth-order valence-electron chi connectivity index (χ4n) is 4.44. The summed E-state index contributed by atoms with van der Waals surface area (Å²) in [6.45, 7) is 0.472. The number of benzene rings is 2. The van der Waals surface area contributed by atoms with Gasteiger partial charge in [-0.2, -0.15) is 4.31 Å². The molecule has 0 N–H and O–H groups in total. The van der Waals surface area contributed by atoms with Crippen molar-refractivity contribution in [2.75, 3.05) is 13.1 Å². The highest BCUT2D eigenvalue weighted by molar-refractivity contribution is 7.90. The van der Waals surface area contributed by atoms with Crippen molar-refractivity contribution in [2.24, 2.45) is 0 Å². The Morgan fingerprint density at radius 2 is 1.54 bits per heavy atom. The molecular weight excluding hydrogens is 538 g/mol. The summed E-state index contributed by atoms with van der Waals surface area (Å²) in [7, 11) is -7.73. The third-order valence-electron chi connectivity index (χ3n) is 6.19. The van der Waals surface area contributed by atoms with Gasteiger partial charge in [0, 0.05) is 24.7 Å². The van der Waals surface area contributed by atoms with E-state index in [0.29, 0.717) is 29.6 Å². The Bertz CT molecular complexity index is 1680. The molecule has 4 aromatic rings. The Hall–Kier alpha value is -2.94. The van der Waals surface area contributed by atoms with Gasteiger partial charge in [-0.3, -0.25) is 4.18 Å². The molecule has 1 aliphatic heterocycles. The van der Waals surface area contributed by atoms with Crippen molar-refractivity contribution in [3.05, 3.63) is 78.6 Å². The Morgan fingerprint density at radius 1 is 0.892 bits per heavy atom. The SMILES string of the molecule is O=S([O-])OCc1cc2c(-c3ccc(S(=O)(=O)N4CCCC4)cc3)ccnc2n1S(=O)(=O)c1ccccc1. The molecule has 0 amide bonds. The number of pyridine rings is 1. The third kappa shape index (κ3) is 4.85. The van der Waals surface area contributed by atoms with Crippen molar-refractivity contribution in [1.29, 1.82) is 0 Å². The maximum atomic E-state index is 13.5. The summed E-state index contributed by atoms with van der Waals surface area (Å²) in [6.07, 6.45) is 3.11. The van der Waals surface area contributed by atoms with Gasteiger partial charge in [0.1, 0.15) is 6.61 Å². The Balaban J connectivity index is 1.63. The fourth-order valence-corrected chi connectivity index (χ4v) is 7.67. The molecule has 5 rings (SSSR count). The van der Waals surface area contributed by atoms with E-state index < -0.39 is 38.0 Å². The van der Waals surface area contributed by atoms with Crippen LogP contribution in [0.5, 0.6) is 0 Å². The van der Waals surface area contributed by atoms with E-state index in [4.69, 9.17) is 4.18 Å². The smallest absolute Gasteiger partial charge is 0.269 e. The molecule has 2 aromatic carbocycles. The molecule has 1 saturated heterocycles. The van der Waals surface area contributed by atoms with Crippen LogP contribution in [0.15, 0.2) is 82.7 Å². The first-order chi connectivity index (χ1) is 17.7. The average molecular weight is 561 g/mol. The first-order valence-electron chi connectivity index (χ1n) is 11.3. The summed E-state index contributed by atoms with van der Waals surface area (Å²) >= 11 is -2.86. The van der Waals surface area contributed by atoms with Crippen molar-refractivity contribution < 1.29 is 29.8 Å². The Morgan fingerprint density at radius 3 is 2.19 bits per heavy atom. The number of sulfonamides is 1. The van der Waals surface area contributed by atoms with Crippen molar-refractivity contribution in [3.8, 4) is 11.1 Å². The highest BCUT2D eigenvalue weighted by Gasteiger charge is 2.28. The first-order valence-corrected chi connectivity index (χ1v) is 15.2. The second-order valence-electron chi connectivity index (χ2n) is 8.42. The minimum atomic E-state index is -4.15. The molecule has 0 bridgehead atoms. The van der Waals surface area contributed by atoms with E-state index in [1.165, 1.54) is 40.8 Å². The zero-order valence-corrected chi connectivity index (χ0v) is 21.8. The standard InChI is InChI=1S/C24H23N3O7S3/c28-35(29)34-17-19-16-23-22(18-8-10-21(11-9-18)36(30,31)26-14-4-5-15-26)12-13-25-24(23)27(19)37(32,33)20-6-2-1-3-7-20/h1-3,6-13,16H,4-5,14-15,17H2,(H,28,29)/p-1. The van der Waals surface area contributed by atoms with Gasteiger partial charge in [-0.15, -0.1) is 0 Å². The minimum absolute atomic E-state index is 0.000621. The summed E-state index contributed by atoms with van der Waals surface area (Å²) in [4.78, 5) is 4.47. The summed E-state index contributed by atoms with van der Waals surface area (Å²) in [5.41, 5.74) is 1.39. The average Bonchev–Trinajstić information content (AvgIpc) is 3.57. The lowest BCUT2D eigenvalue weighted by atomic mass is 10.0. The number of nitrogens with zero attached hydrogens (tertiary/aromatic N) is 3. The van der Waals surface area contributed by atoms with Gasteiger partial charge in [0.05, 0.1) is 26.8 Å². The zero-order valence-electron chi connectivity index (χ0n) is 19.4. The third-order valence-corrected chi connectivity index (χ3v) is 10.2. The van der Waals surface area contributed by atoms with Gasteiger partial charge in [0.25, 0.3) is 10.0 Å². The molecule has 2 aromatic heterocycles. The van der Waals surface area contributed by atoms with Crippen LogP contribution in [-0.4, -0.2) is 51.9 Å². The molecule has 0 saturated carbocycles. The molecule has 1 atom stereocenters. The van der Waals surface area contributed by atoms with Gasteiger partial charge >= 0.3 is 0 Å². The maximum Gasteiger partial charge on any atom is 0.269 e. The van der Waals surface area contributed by atoms with Crippen LogP contribution in [0.3, 0.4) is 0 Å². The topological polar surface area (TPSA) is 139 Å². The van der Waals surface area contributed by atoms with Gasteiger partial charge in [0.2, 0.25) is 10.0 Å². The van der Waals surface area contributed by atoms with Crippen LogP contribution in [-0.2, 0) is 42.2 Å². The molecule has 194 valence electrons. The normalized spacial score (nSPS) is 15.8. The van der Waals surface area contributed by atoms with Crippen LogP contribution in [0.2, 0.25) is 0 Å². The van der Waals surface area contributed by atoms with Crippen LogP contribution in [0, 0.1) is 0 Å². The molecule has 0 aliphatic carbocycles. The number of aromatic nitrogens is 2. The fraction of sp³-hybridized carbons (Fsp3) is 0.208. The number of hydrogen-bond donors (Lipinski definition) is 0. The summed E-state index contributed by atoms with van der Waals surface area (Å²) in [6, 6.07) is 17.3. The van der Waals surface area contributed by atoms with Crippen molar-refractivity contribution in [3.63, 3.8) is 0 Å². The number of fused-ring (bicyclic) bond motifs is 1. The van der Waals surface area contributed by atoms with Crippen LogP contribution >= 0.6 is 0 Å². The van der Waals surface area contributed by atoms with Gasteiger partial charge in [0.15, 0.2) is 5.65 Å². The highest BCUT2D eigenvalue weighted by atomic mass is 32.2. The quantitative estimate of drug-likeness (QED) is 0.300. The maximum absolute atomic E-state index is 13.5. The largest absolute Gasteiger partial charge is 0.750 e. The Labute approximate surface area is 217 Å². The highest BCUT2D eigenvalue weighted by Crippen LogP contribution is 2.33.